The second-order valence-electron chi connectivity index (χ2n) is 13.5. The molecule has 1 aromatic heterocycles. The molecule has 3 aromatic carbocycles. The van der Waals surface area contributed by atoms with E-state index in [-0.39, 0.29) is 24.2 Å². The monoisotopic (exact) mass is 694 g/mol. The lowest BCUT2D eigenvalue weighted by atomic mass is 9.85. The molecule has 14 nitrogen and oxygen atoms in total. The molecule has 4 aromatic rings. The Kier molecular flexibility index (Phi) is 9.39. The van der Waals surface area contributed by atoms with Crippen molar-refractivity contribution in [2.45, 2.75) is 49.9 Å². The molecular weight excluding hydrogens is 652 g/mol. The third-order valence-electron chi connectivity index (χ3n) is 10.5. The first-order valence-electron chi connectivity index (χ1n) is 17.4. The predicted molar refractivity (Wildman–Crippen MR) is 190 cm³/mol. The number of carboxylic acids is 1. The van der Waals surface area contributed by atoms with E-state index in [0.29, 0.717) is 65.1 Å². The van der Waals surface area contributed by atoms with E-state index >= 15 is 0 Å². The van der Waals surface area contributed by atoms with Gasteiger partial charge >= 0.3 is 23.7 Å². The Labute approximate surface area is 294 Å². The number of aliphatic carboxylic acids is 1. The predicted octanol–water partition coefficient (Wildman–Crippen LogP) is 3.18. The number of hydrogen-bond donors (Lipinski definition) is 4. The number of para-hydroxylation sites is 3. The van der Waals surface area contributed by atoms with Gasteiger partial charge in [-0.05, 0) is 55.5 Å². The molecular formula is C37H42N8O6. The van der Waals surface area contributed by atoms with Crippen molar-refractivity contribution in [1.29, 1.82) is 0 Å². The van der Waals surface area contributed by atoms with Crippen LogP contribution >= 0.6 is 0 Å². The van der Waals surface area contributed by atoms with Crippen molar-refractivity contribution in [2.24, 2.45) is 0 Å². The van der Waals surface area contributed by atoms with E-state index in [1.165, 1.54) is 4.90 Å². The van der Waals surface area contributed by atoms with E-state index < -0.39 is 29.6 Å². The summed E-state index contributed by atoms with van der Waals surface area (Å²) in [5.41, 5.74) is 2.54. The van der Waals surface area contributed by atoms with Crippen molar-refractivity contribution in [2.75, 3.05) is 44.3 Å². The van der Waals surface area contributed by atoms with Gasteiger partial charge in [0.2, 0.25) is 5.91 Å². The lowest BCUT2D eigenvalue weighted by Gasteiger charge is -2.43. The van der Waals surface area contributed by atoms with Gasteiger partial charge in [-0.2, -0.15) is 0 Å². The number of nitrogens with one attached hydrogen (secondary N) is 3. The number of rotatable bonds is 8. The van der Waals surface area contributed by atoms with Crippen molar-refractivity contribution < 1.29 is 24.3 Å². The maximum absolute atomic E-state index is 14.1. The van der Waals surface area contributed by atoms with E-state index in [2.05, 4.69) is 20.5 Å². The van der Waals surface area contributed by atoms with Crippen molar-refractivity contribution >= 4 is 40.7 Å². The van der Waals surface area contributed by atoms with E-state index in [9.17, 15) is 29.1 Å². The summed E-state index contributed by atoms with van der Waals surface area (Å²) in [6.45, 7) is 1.92. The number of likely N-dealkylation sites (tertiary alicyclic amines) is 2. The number of carboxylic acid groups (broad SMARTS) is 1. The van der Waals surface area contributed by atoms with E-state index in [0.717, 1.165) is 22.3 Å². The van der Waals surface area contributed by atoms with Gasteiger partial charge in [-0.3, -0.25) is 9.36 Å². The number of piperidine rings is 2. The number of aromatic amines is 1. The van der Waals surface area contributed by atoms with Crippen LogP contribution in [0.2, 0.25) is 0 Å². The second-order valence-corrected chi connectivity index (χ2v) is 13.5. The molecule has 3 fully saturated rings. The van der Waals surface area contributed by atoms with Crippen molar-refractivity contribution in [3.8, 4) is 0 Å². The lowest BCUT2D eigenvalue weighted by molar-refractivity contribution is -0.139. The summed E-state index contributed by atoms with van der Waals surface area (Å²) in [5.74, 6) is -1.24. The Morgan fingerprint density at radius 3 is 2.14 bits per heavy atom. The van der Waals surface area contributed by atoms with Gasteiger partial charge in [0, 0.05) is 44.5 Å². The highest BCUT2D eigenvalue weighted by atomic mass is 16.4. The molecule has 4 heterocycles. The standard InChI is InChI=1S/C37H42N8O6/c46-32(47)30(40-35(50)41-19-15-28(16-20-41)45-31-14-8-7-13-29(31)39-36(45)51)23-38-34(49)42-21-17-37(18-22-42)33(48)43(24-26-9-3-1-4-10-26)25-44(37)27-11-5-2-6-12-27/h1-14,28,30H,15-25H2,(H,38,49)(H,39,51)(H,40,50)(H,46,47). The summed E-state index contributed by atoms with van der Waals surface area (Å²) >= 11 is 0. The van der Waals surface area contributed by atoms with E-state index in [1.54, 1.807) is 9.47 Å². The van der Waals surface area contributed by atoms with Crippen LogP contribution in [-0.4, -0.2) is 104 Å². The minimum absolute atomic E-state index is 0.0291. The molecule has 4 N–H and O–H groups in total. The Bertz CT molecular complexity index is 1950. The van der Waals surface area contributed by atoms with E-state index in [4.69, 9.17) is 0 Å². The summed E-state index contributed by atoms with van der Waals surface area (Å²) in [5, 5.41) is 15.1. The van der Waals surface area contributed by atoms with Gasteiger partial charge in [-0.15, -0.1) is 0 Å². The number of nitrogens with zero attached hydrogens (tertiary/aromatic N) is 5. The fourth-order valence-corrected chi connectivity index (χ4v) is 7.71. The average molecular weight is 695 g/mol. The molecule has 3 aliphatic heterocycles. The largest absolute Gasteiger partial charge is 0.480 e. The number of urea groups is 2. The van der Waals surface area contributed by atoms with Gasteiger partial charge in [0.15, 0.2) is 0 Å². The van der Waals surface area contributed by atoms with Crippen LogP contribution in [0.15, 0.2) is 89.7 Å². The van der Waals surface area contributed by atoms with Crippen LogP contribution in [0.4, 0.5) is 15.3 Å². The number of benzene rings is 3. The summed E-state index contributed by atoms with van der Waals surface area (Å²) in [7, 11) is 0. The third kappa shape index (κ3) is 6.73. The Morgan fingerprint density at radius 2 is 1.45 bits per heavy atom. The van der Waals surface area contributed by atoms with Gasteiger partial charge in [0.1, 0.15) is 11.6 Å². The number of hydrogen-bond acceptors (Lipinski definition) is 6. The Morgan fingerprint density at radius 1 is 0.824 bits per heavy atom. The number of aromatic nitrogens is 2. The minimum atomic E-state index is -1.34. The van der Waals surface area contributed by atoms with Crippen molar-refractivity contribution in [3.05, 3.63) is 101 Å². The lowest BCUT2D eigenvalue weighted by Crippen LogP contribution is -2.59. The summed E-state index contributed by atoms with van der Waals surface area (Å²) < 4.78 is 1.73. The van der Waals surface area contributed by atoms with Crippen LogP contribution in [0, 0.1) is 0 Å². The number of carbonyl (C=O) groups excluding carboxylic acids is 3. The van der Waals surface area contributed by atoms with Gasteiger partial charge in [0.25, 0.3) is 0 Å². The fraction of sp³-hybridized carbons (Fsp3) is 0.378. The van der Waals surface area contributed by atoms with Crippen molar-refractivity contribution in [3.63, 3.8) is 0 Å². The molecule has 266 valence electrons. The summed E-state index contributed by atoms with van der Waals surface area (Å²) in [6, 6.07) is 24.7. The van der Waals surface area contributed by atoms with Crippen LogP contribution < -0.4 is 21.2 Å². The van der Waals surface area contributed by atoms with Crippen molar-refractivity contribution in [1.82, 2.24) is 34.9 Å². The van der Waals surface area contributed by atoms with Crippen LogP contribution in [0.5, 0.6) is 0 Å². The normalized spacial score (nSPS) is 18.3. The molecule has 0 saturated carbocycles. The first-order chi connectivity index (χ1) is 24.7. The number of amides is 5. The molecule has 1 unspecified atom stereocenters. The highest BCUT2D eigenvalue weighted by molar-refractivity contribution is 5.94. The molecule has 5 amide bonds. The molecule has 3 aliphatic rings. The molecule has 0 aliphatic carbocycles. The highest BCUT2D eigenvalue weighted by Gasteiger charge is 2.54. The number of anilines is 1. The number of imidazole rings is 1. The minimum Gasteiger partial charge on any atom is -0.480 e. The zero-order valence-electron chi connectivity index (χ0n) is 28.2. The molecule has 7 rings (SSSR count). The summed E-state index contributed by atoms with van der Waals surface area (Å²) in [6.07, 6.45) is 1.90. The first kappa shape index (κ1) is 33.7. The number of fused-ring (bicyclic) bond motifs is 1. The van der Waals surface area contributed by atoms with E-state index in [1.807, 2.05) is 89.8 Å². The molecule has 3 saturated heterocycles. The maximum atomic E-state index is 14.1. The van der Waals surface area contributed by atoms with Crippen LogP contribution in [0.1, 0.15) is 37.3 Å². The quantitative estimate of drug-likeness (QED) is 0.220. The Balaban J connectivity index is 0.934. The average Bonchev–Trinajstić information content (AvgIpc) is 3.63. The zero-order chi connectivity index (χ0) is 35.5. The Hall–Kier alpha value is -5.79. The third-order valence-corrected chi connectivity index (χ3v) is 10.5. The zero-order valence-corrected chi connectivity index (χ0v) is 28.2. The highest BCUT2D eigenvalue weighted by Crippen LogP contribution is 2.40. The molecule has 51 heavy (non-hydrogen) atoms. The molecule has 1 atom stereocenters. The fourth-order valence-electron chi connectivity index (χ4n) is 7.71. The maximum Gasteiger partial charge on any atom is 0.328 e. The van der Waals surface area contributed by atoms with Gasteiger partial charge in [-0.25, -0.2) is 19.2 Å². The SMILES string of the molecule is O=C(O)C(CNC(=O)N1CCC2(CC1)C(=O)N(Cc1ccccc1)CN2c1ccccc1)NC(=O)N1CCC(n2c(=O)[nH]c3ccccc32)CC1. The molecule has 14 heteroatoms. The topological polar surface area (TPSA) is 163 Å². The number of carbonyl (C=O) groups is 4. The smallest absolute Gasteiger partial charge is 0.328 e. The number of H-pyrrole nitrogens is 1. The molecule has 1 spiro atoms. The van der Waals surface area contributed by atoms with Crippen LogP contribution in [-0.2, 0) is 16.1 Å². The molecule has 0 radical (unpaired) electrons. The summed E-state index contributed by atoms with van der Waals surface area (Å²) in [4.78, 5) is 75.2. The first-order valence-corrected chi connectivity index (χ1v) is 17.4. The molecule has 0 bridgehead atoms. The van der Waals surface area contributed by atoms with Gasteiger partial charge in [0.05, 0.1) is 24.2 Å². The van der Waals surface area contributed by atoms with Crippen LogP contribution in [0.3, 0.4) is 0 Å². The van der Waals surface area contributed by atoms with Crippen LogP contribution in [0.25, 0.3) is 11.0 Å². The second kappa shape index (κ2) is 14.2. The van der Waals surface area contributed by atoms with Gasteiger partial charge in [-0.1, -0.05) is 60.7 Å². The van der Waals surface area contributed by atoms with Gasteiger partial charge < -0.3 is 40.3 Å².